The summed E-state index contributed by atoms with van der Waals surface area (Å²) >= 11 is 3.09. The lowest BCUT2D eigenvalue weighted by Crippen LogP contribution is -2.14. The third-order valence-corrected chi connectivity index (χ3v) is 4.00. The number of hydrogen-bond donors (Lipinski definition) is 0. The molecular weight excluding hydrogens is 391 g/mol. The molecular formula is C15H9BrF3N3O2. The van der Waals surface area contributed by atoms with Crippen molar-refractivity contribution in [2.75, 3.05) is 7.11 Å². The minimum absolute atomic E-state index is 0.0395. The molecule has 0 spiro atoms. The third-order valence-electron chi connectivity index (χ3n) is 3.27. The van der Waals surface area contributed by atoms with E-state index >= 15 is 0 Å². The molecule has 0 radical (unpaired) electrons. The molecule has 0 fully saturated rings. The predicted molar refractivity (Wildman–Crippen MR) is 82.5 cm³/mol. The van der Waals surface area contributed by atoms with E-state index in [9.17, 15) is 18.0 Å². The highest BCUT2D eigenvalue weighted by Crippen LogP contribution is 2.34. The number of aromatic nitrogens is 3. The van der Waals surface area contributed by atoms with Gasteiger partial charge in [0.2, 0.25) is 0 Å². The van der Waals surface area contributed by atoms with Crippen LogP contribution in [0.3, 0.4) is 0 Å². The van der Waals surface area contributed by atoms with Gasteiger partial charge in [-0.2, -0.15) is 18.3 Å². The molecule has 0 aliphatic heterocycles. The van der Waals surface area contributed by atoms with E-state index in [1.807, 2.05) is 0 Å². The summed E-state index contributed by atoms with van der Waals surface area (Å²) in [5.41, 5.74) is -0.808. The number of rotatable bonds is 2. The smallest absolute Gasteiger partial charge is 0.433 e. The minimum Gasteiger partial charge on any atom is -0.464 e. The van der Waals surface area contributed by atoms with Crippen molar-refractivity contribution in [3.63, 3.8) is 0 Å². The van der Waals surface area contributed by atoms with Gasteiger partial charge in [0.1, 0.15) is 0 Å². The van der Waals surface area contributed by atoms with Crippen molar-refractivity contribution < 1.29 is 22.7 Å². The Morgan fingerprint density at radius 3 is 2.50 bits per heavy atom. The zero-order valence-electron chi connectivity index (χ0n) is 12.1. The summed E-state index contributed by atoms with van der Waals surface area (Å²) in [6.45, 7) is 0. The topological polar surface area (TPSA) is 56.5 Å². The zero-order chi connectivity index (χ0) is 17.5. The number of alkyl halides is 3. The van der Waals surface area contributed by atoms with Gasteiger partial charge in [0.15, 0.2) is 17.0 Å². The number of fused-ring (bicyclic) bond motifs is 1. The Hall–Kier alpha value is -2.42. The molecule has 2 aromatic heterocycles. The van der Waals surface area contributed by atoms with Crippen LogP contribution in [0.25, 0.3) is 16.9 Å². The van der Waals surface area contributed by atoms with Gasteiger partial charge in [0.05, 0.1) is 17.3 Å². The van der Waals surface area contributed by atoms with Gasteiger partial charge in [-0.25, -0.2) is 14.3 Å². The van der Waals surface area contributed by atoms with E-state index < -0.39 is 17.8 Å². The molecule has 0 aliphatic rings. The van der Waals surface area contributed by atoms with Crippen LogP contribution in [0, 0.1) is 0 Å². The van der Waals surface area contributed by atoms with Crippen LogP contribution in [0.4, 0.5) is 13.2 Å². The molecule has 0 atom stereocenters. The van der Waals surface area contributed by atoms with Gasteiger partial charge in [-0.05, 0) is 22.0 Å². The number of carbonyl (C=O) groups is 1. The van der Waals surface area contributed by atoms with E-state index in [0.717, 1.165) is 13.2 Å². The van der Waals surface area contributed by atoms with Crippen molar-refractivity contribution in [2.45, 2.75) is 6.18 Å². The van der Waals surface area contributed by atoms with Crippen molar-refractivity contribution in [3.05, 3.63) is 52.3 Å². The maximum atomic E-state index is 13.4. The van der Waals surface area contributed by atoms with E-state index in [1.165, 1.54) is 0 Å². The Morgan fingerprint density at radius 2 is 1.92 bits per heavy atom. The quantitative estimate of drug-likeness (QED) is 0.612. The van der Waals surface area contributed by atoms with Crippen LogP contribution in [0.15, 0.2) is 40.9 Å². The van der Waals surface area contributed by atoms with Gasteiger partial charge in [-0.3, -0.25) is 0 Å². The summed E-state index contributed by atoms with van der Waals surface area (Å²) in [5.74, 6) is -0.859. The molecule has 0 saturated heterocycles. The number of methoxy groups -OCH3 is 1. The fourth-order valence-corrected chi connectivity index (χ4v) is 2.68. The highest BCUT2D eigenvalue weighted by Gasteiger charge is 2.36. The first-order chi connectivity index (χ1) is 11.3. The SMILES string of the molecule is COC(=O)c1nn2c(C(F)(F)F)cc(-c3ccccc3)nc2c1Br. The molecule has 0 aliphatic carbocycles. The van der Waals surface area contributed by atoms with Gasteiger partial charge < -0.3 is 4.74 Å². The highest BCUT2D eigenvalue weighted by atomic mass is 79.9. The Bertz CT molecular complexity index is 923. The number of esters is 1. The molecule has 0 saturated carbocycles. The van der Waals surface area contributed by atoms with Gasteiger partial charge in [0.25, 0.3) is 0 Å². The molecule has 2 heterocycles. The molecule has 3 rings (SSSR count). The summed E-state index contributed by atoms with van der Waals surface area (Å²) in [4.78, 5) is 15.9. The second-order valence-corrected chi connectivity index (χ2v) is 5.57. The summed E-state index contributed by atoms with van der Waals surface area (Å²) in [6, 6.07) is 9.31. The fourth-order valence-electron chi connectivity index (χ4n) is 2.18. The summed E-state index contributed by atoms with van der Waals surface area (Å²) in [5, 5.41) is 3.70. The van der Waals surface area contributed by atoms with Crippen LogP contribution in [0.5, 0.6) is 0 Å². The molecule has 9 heteroatoms. The lowest BCUT2D eigenvalue weighted by molar-refractivity contribution is -0.142. The number of halogens is 4. The Labute approximate surface area is 142 Å². The van der Waals surface area contributed by atoms with Crippen molar-refractivity contribution in [1.82, 2.24) is 14.6 Å². The summed E-state index contributed by atoms with van der Waals surface area (Å²) in [7, 11) is 1.12. The standard InChI is InChI=1S/C15H9BrF3N3O2/c1-24-14(23)12-11(16)13-20-9(8-5-3-2-4-6-8)7-10(15(17,18)19)22(13)21-12/h2-7H,1H3. The molecule has 124 valence electrons. The lowest BCUT2D eigenvalue weighted by atomic mass is 10.1. The molecule has 3 aromatic rings. The lowest BCUT2D eigenvalue weighted by Gasteiger charge is -2.11. The van der Waals surface area contributed by atoms with E-state index in [0.29, 0.717) is 10.1 Å². The minimum atomic E-state index is -4.68. The largest absolute Gasteiger partial charge is 0.464 e. The molecule has 5 nitrogen and oxygen atoms in total. The molecule has 0 amide bonds. The number of hydrogen-bond acceptors (Lipinski definition) is 4. The summed E-state index contributed by atoms with van der Waals surface area (Å²) < 4.78 is 45.4. The second kappa shape index (κ2) is 5.90. The first-order valence-corrected chi connectivity index (χ1v) is 7.42. The maximum absolute atomic E-state index is 13.4. The van der Waals surface area contributed by atoms with E-state index in [2.05, 4.69) is 30.7 Å². The number of ether oxygens (including phenoxy) is 1. The zero-order valence-corrected chi connectivity index (χ0v) is 13.7. The van der Waals surface area contributed by atoms with Crippen LogP contribution < -0.4 is 0 Å². The highest BCUT2D eigenvalue weighted by molar-refractivity contribution is 9.10. The second-order valence-electron chi connectivity index (χ2n) is 4.78. The monoisotopic (exact) mass is 399 g/mol. The number of benzene rings is 1. The first-order valence-electron chi connectivity index (χ1n) is 6.63. The van der Waals surface area contributed by atoms with E-state index in [-0.39, 0.29) is 21.5 Å². The average Bonchev–Trinajstić information content (AvgIpc) is 2.90. The van der Waals surface area contributed by atoms with E-state index in [1.54, 1.807) is 30.3 Å². The molecule has 0 N–H and O–H groups in total. The van der Waals surface area contributed by atoms with Crippen LogP contribution in [-0.4, -0.2) is 27.7 Å². The Morgan fingerprint density at radius 1 is 1.25 bits per heavy atom. The van der Waals surface area contributed by atoms with Crippen LogP contribution in [0.1, 0.15) is 16.2 Å². The van der Waals surface area contributed by atoms with Crippen LogP contribution >= 0.6 is 15.9 Å². The average molecular weight is 400 g/mol. The first kappa shape index (κ1) is 16.4. The van der Waals surface area contributed by atoms with Crippen molar-refractivity contribution in [2.24, 2.45) is 0 Å². The molecule has 0 bridgehead atoms. The van der Waals surface area contributed by atoms with Crippen molar-refractivity contribution >= 4 is 27.5 Å². The van der Waals surface area contributed by atoms with Gasteiger partial charge in [-0.1, -0.05) is 30.3 Å². The number of nitrogens with zero attached hydrogens (tertiary/aromatic N) is 3. The van der Waals surface area contributed by atoms with Gasteiger partial charge >= 0.3 is 12.1 Å². The van der Waals surface area contributed by atoms with Crippen LogP contribution in [-0.2, 0) is 10.9 Å². The molecule has 0 unspecified atom stereocenters. The predicted octanol–water partition coefficient (Wildman–Crippen LogP) is 3.96. The van der Waals surface area contributed by atoms with Gasteiger partial charge in [-0.15, -0.1) is 0 Å². The summed E-state index contributed by atoms with van der Waals surface area (Å²) in [6.07, 6.45) is -4.68. The van der Waals surface area contributed by atoms with Crippen molar-refractivity contribution in [3.8, 4) is 11.3 Å². The Kier molecular flexibility index (Phi) is 4.04. The Balaban J connectivity index is 2.35. The normalized spacial score (nSPS) is 11.7. The molecule has 1 aromatic carbocycles. The number of carbonyl (C=O) groups excluding carboxylic acids is 1. The fraction of sp³-hybridized carbons (Fsp3) is 0.133. The van der Waals surface area contributed by atoms with Crippen molar-refractivity contribution in [1.29, 1.82) is 0 Å². The van der Waals surface area contributed by atoms with E-state index in [4.69, 9.17) is 0 Å². The van der Waals surface area contributed by atoms with Crippen LogP contribution in [0.2, 0.25) is 0 Å². The maximum Gasteiger partial charge on any atom is 0.433 e. The third kappa shape index (κ3) is 2.75. The molecule has 24 heavy (non-hydrogen) atoms. The van der Waals surface area contributed by atoms with Gasteiger partial charge in [0, 0.05) is 5.56 Å².